The monoisotopic (exact) mass is 369 g/mol. The summed E-state index contributed by atoms with van der Waals surface area (Å²) in [5.41, 5.74) is 2.75. The first-order valence-corrected chi connectivity index (χ1v) is 9.10. The third-order valence-electron chi connectivity index (χ3n) is 5.25. The molecule has 3 aromatic rings. The maximum atomic E-state index is 13.1. The van der Waals surface area contributed by atoms with Crippen LogP contribution in [0.5, 0.6) is 5.75 Å². The van der Waals surface area contributed by atoms with Crippen molar-refractivity contribution in [3.63, 3.8) is 0 Å². The Morgan fingerprint density at radius 2 is 1.85 bits per heavy atom. The number of hydrogen-bond acceptors (Lipinski definition) is 4. The second-order valence-corrected chi connectivity index (χ2v) is 7.12. The maximum Gasteiger partial charge on any atom is 0.336 e. The van der Waals surface area contributed by atoms with E-state index in [4.69, 9.17) is 4.42 Å². The molecule has 5 nitrogen and oxygen atoms in total. The summed E-state index contributed by atoms with van der Waals surface area (Å²) in [6, 6.07) is 11.5. The molecule has 1 saturated heterocycles. The lowest BCUT2D eigenvalue weighted by atomic mass is 10.1. The van der Waals surface area contributed by atoms with Gasteiger partial charge in [-0.05, 0) is 48.9 Å². The Labute approximate surface area is 156 Å². The van der Waals surface area contributed by atoms with Gasteiger partial charge in [0, 0.05) is 22.7 Å². The van der Waals surface area contributed by atoms with Crippen molar-refractivity contribution < 1.29 is 18.8 Å². The van der Waals surface area contributed by atoms with Gasteiger partial charge in [-0.3, -0.25) is 0 Å². The molecule has 1 aliphatic rings. The predicted octanol–water partition coefficient (Wildman–Crippen LogP) is 1.85. The van der Waals surface area contributed by atoms with Gasteiger partial charge in [-0.1, -0.05) is 0 Å². The van der Waals surface area contributed by atoms with Crippen LogP contribution in [0.2, 0.25) is 0 Å². The number of benzene rings is 2. The zero-order valence-corrected chi connectivity index (χ0v) is 15.2. The Balaban J connectivity index is 1.51. The van der Waals surface area contributed by atoms with E-state index < -0.39 is 0 Å². The first-order chi connectivity index (χ1) is 13.0. The number of quaternary nitrogens is 1. The Kier molecular flexibility index (Phi) is 4.58. The number of hydrogen-bond donors (Lipinski definition) is 2. The number of anilines is 1. The number of nitrogens with one attached hydrogen (secondary N) is 1. The molecule has 140 valence electrons. The number of phenols is 1. The second-order valence-electron chi connectivity index (χ2n) is 7.12. The van der Waals surface area contributed by atoms with E-state index in [1.54, 1.807) is 31.2 Å². The summed E-state index contributed by atoms with van der Waals surface area (Å²) >= 11 is 0. The quantitative estimate of drug-likeness (QED) is 0.692. The average Bonchev–Trinajstić information content (AvgIpc) is 2.65. The van der Waals surface area contributed by atoms with Gasteiger partial charge in [0.15, 0.2) is 0 Å². The van der Waals surface area contributed by atoms with Gasteiger partial charge in [0.25, 0.3) is 0 Å². The van der Waals surface area contributed by atoms with Crippen LogP contribution in [-0.2, 0) is 6.54 Å². The summed E-state index contributed by atoms with van der Waals surface area (Å²) in [7, 11) is 0. The molecule has 27 heavy (non-hydrogen) atoms. The Bertz CT molecular complexity index is 1020. The fourth-order valence-corrected chi connectivity index (χ4v) is 3.69. The predicted molar refractivity (Wildman–Crippen MR) is 102 cm³/mol. The molecule has 0 spiro atoms. The summed E-state index contributed by atoms with van der Waals surface area (Å²) in [6.45, 7) is 6.03. The molecule has 0 saturated carbocycles. The highest BCUT2D eigenvalue weighted by Crippen LogP contribution is 2.25. The van der Waals surface area contributed by atoms with Crippen LogP contribution in [0.1, 0.15) is 11.1 Å². The number of aryl methyl sites for hydroxylation is 1. The molecule has 2 aromatic carbocycles. The average molecular weight is 369 g/mol. The highest BCUT2D eigenvalue weighted by molar-refractivity contribution is 5.82. The molecule has 0 aliphatic carbocycles. The van der Waals surface area contributed by atoms with Crippen LogP contribution in [0.25, 0.3) is 11.0 Å². The third-order valence-corrected chi connectivity index (χ3v) is 5.25. The van der Waals surface area contributed by atoms with E-state index in [0.717, 1.165) is 42.8 Å². The van der Waals surface area contributed by atoms with Gasteiger partial charge >= 0.3 is 5.63 Å². The lowest BCUT2D eigenvalue weighted by Crippen LogP contribution is -3.13. The number of rotatable bonds is 3. The molecular weight excluding hydrogens is 347 g/mol. The molecule has 4 rings (SSSR count). The van der Waals surface area contributed by atoms with Crippen LogP contribution >= 0.6 is 0 Å². The summed E-state index contributed by atoms with van der Waals surface area (Å²) in [6.07, 6.45) is 0. The molecule has 1 fully saturated rings. The zero-order chi connectivity index (χ0) is 19.0. The van der Waals surface area contributed by atoms with E-state index in [-0.39, 0.29) is 17.2 Å². The van der Waals surface area contributed by atoms with E-state index in [2.05, 4.69) is 4.90 Å². The van der Waals surface area contributed by atoms with Crippen molar-refractivity contribution in [3.05, 3.63) is 69.8 Å². The first-order valence-electron chi connectivity index (χ1n) is 9.10. The first kappa shape index (κ1) is 17.5. The maximum absolute atomic E-state index is 13.1. The molecule has 6 heteroatoms. The van der Waals surface area contributed by atoms with Crippen LogP contribution < -0.4 is 15.4 Å². The van der Waals surface area contributed by atoms with Gasteiger partial charge in [0.05, 0.1) is 26.2 Å². The number of fused-ring (bicyclic) bond motifs is 1. The molecule has 1 aromatic heterocycles. The highest BCUT2D eigenvalue weighted by Gasteiger charge is 2.22. The molecule has 0 radical (unpaired) electrons. The van der Waals surface area contributed by atoms with Crippen LogP contribution in [0.3, 0.4) is 0 Å². The second kappa shape index (κ2) is 7.04. The van der Waals surface area contributed by atoms with Gasteiger partial charge in [0.2, 0.25) is 0 Å². The van der Waals surface area contributed by atoms with Crippen molar-refractivity contribution in [2.75, 3.05) is 31.1 Å². The van der Waals surface area contributed by atoms with Gasteiger partial charge in [-0.25, -0.2) is 9.18 Å². The van der Waals surface area contributed by atoms with E-state index in [9.17, 15) is 14.3 Å². The van der Waals surface area contributed by atoms with Crippen LogP contribution in [0.15, 0.2) is 51.7 Å². The zero-order valence-electron chi connectivity index (χ0n) is 15.2. The van der Waals surface area contributed by atoms with E-state index in [0.29, 0.717) is 17.7 Å². The van der Waals surface area contributed by atoms with E-state index in [1.807, 2.05) is 0 Å². The number of piperazine rings is 1. The van der Waals surface area contributed by atoms with Gasteiger partial charge in [0.1, 0.15) is 23.7 Å². The standard InChI is InChI=1S/C21H21FN2O3/c1-14-10-20-18(12-19(14)25)15(11-21(26)27-20)13-23-6-8-24(9-7-23)17-4-2-16(22)3-5-17/h2-5,10-12,25H,6-9,13H2,1H3/p+1. The third kappa shape index (κ3) is 3.66. The molecule has 2 heterocycles. The largest absolute Gasteiger partial charge is 0.508 e. The van der Waals surface area contributed by atoms with Crippen molar-refractivity contribution >= 4 is 16.7 Å². The molecule has 0 atom stereocenters. The van der Waals surface area contributed by atoms with Gasteiger partial charge in [-0.15, -0.1) is 0 Å². The molecule has 0 unspecified atom stereocenters. The van der Waals surface area contributed by atoms with Crippen molar-refractivity contribution in [2.24, 2.45) is 0 Å². The van der Waals surface area contributed by atoms with Crippen LogP contribution in [-0.4, -0.2) is 31.3 Å². The molecule has 0 bridgehead atoms. The summed E-state index contributed by atoms with van der Waals surface area (Å²) in [5, 5.41) is 10.8. The Morgan fingerprint density at radius 3 is 2.56 bits per heavy atom. The van der Waals surface area contributed by atoms with E-state index in [1.165, 1.54) is 23.1 Å². The summed E-state index contributed by atoms with van der Waals surface area (Å²) in [4.78, 5) is 15.5. The summed E-state index contributed by atoms with van der Waals surface area (Å²) in [5.74, 6) is -0.0231. The van der Waals surface area contributed by atoms with Crippen molar-refractivity contribution in [1.82, 2.24) is 0 Å². The van der Waals surface area contributed by atoms with Crippen LogP contribution in [0, 0.1) is 12.7 Å². The topological polar surface area (TPSA) is 58.1 Å². The van der Waals surface area contributed by atoms with Gasteiger partial charge in [-0.2, -0.15) is 0 Å². The highest BCUT2D eigenvalue weighted by atomic mass is 19.1. The van der Waals surface area contributed by atoms with Crippen LogP contribution in [0.4, 0.5) is 10.1 Å². The minimum Gasteiger partial charge on any atom is -0.508 e. The number of aromatic hydroxyl groups is 1. The summed E-state index contributed by atoms with van der Waals surface area (Å²) < 4.78 is 18.4. The number of halogens is 1. The minimum absolute atomic E-state index is 0.203. The van der Waals surface area contributed by atoms with Crippen molar-refractivity contribution in [2.45, 2.75) is 13.5 Å². The normalized spacial score (nSPS) is 15.4. The minimum atomic E-state index is -0.369. The fourth-order valence-electron chi connectivity index (χ4n) is 3.69. The smallest absolute Gasteiger partial charge is 0.336 e. The molecular formula is C21H22FN2O3+. The van der Waals surface area contributed by atoms with Crippen molar-refractivity contribution in [1.29, 1.82) is 0 Å². The Morgan fingerprint density at radius 1 is 1.15 bits per heavy atom. The molecule has 1 aliphatic heterocycles. The lowest BCUT2D eigenvalue weighted by molar-refractivity contribution is -0.914. The number of phenolic OH excluding ortho intramolecular Hbond substituents is 1. The Hall–Kier alpha value is -2.86. The fraction of sp³-hybridized carbons (Fsp3) is 0.286. The van der Waals surface area contributed by atoms with E-state index >= 15 is 0 Å². The number of nitrogens with zero attached hydrogens (tertiary/aromatic N) is 1. The SMILES string of the molecule is Cc1cc2oc(=O)cc(C[NH+]3CCN(c4ccc(F)cc4)CC3)c2cc1O. The molecule has 2 N–H and O–H groups in total. The molecule has 0 amide bonds. The van der Waals surface area contributed by atoms with Gasteiger partial charge < -0.3 is 19.3 Å². The van der Waals surface area contributed by atoms with Crippen molar-refractivity contribution in [3.8, 4) is 5.75 Å². The lowest BCUT2D eigenvalue weighted by Gasteiger charge is -2.33.